The number of thiophene rings is 1. The average molecular weight is 486 g/mol. The van der Waals surface area contributed by atoms with Crippen molar-refractivity contribution in [2.75, 3.05) is 5.32 Å². The van der Waals surface area contributed by atoms with Crippen LogP contribution in [0.4, 0.5) is 10.1 Å². The SMILES string of the molecule is O=C(Nc1cccc(Cn2cc(Br)cn2)c1)c1cc(COc2cccc(F)c2)cs1. The zero-order valence-electron chi connectivity index (χ0n) is 15.7. The zero-order valence-corrected chi connectivity index (χ0v) is 18.1. The van der Waals surface area contributed by atoms with Gasteiger partial charge in [-0.25, -0.2) is 4.39 Å². The van der Waals surface area contributed by atoms with Crippen LogP contribution in [-0.2, 0) is 13.2 Å². The molecule has 2 aromatic carbocycles. The second-order valence-electron chi connectivity index (χ2n) is 6.58. The Morgan fingerprint density at radius 2 is 2.03 bits per heavy atom. The lowest BCUT2D eigenvalue weighted by Crippen LogP contribution is -2.10. The number of carbonyl (C=O) groups is 1. The Bertz CT molecular complexity index is 1170. The molecule has 0 saturated carbocycles. The number of nitrogens with zero attached hydrogens (tertiary/aromatic N) is 2. The van der Waals surface area contributed by atoms with E-state index in [1.54, 1.807) is 24.4 Å². The van der Waals surface area contributed by atoms with Crippen molar-refractivity contribution in [2.45, 2.75) is 13.2 Å². The number of halogens is 2. The van der Waals surface area contributed by atoms with Crippen molar-refractivity contribution >= 4 is 38.9 Å². The standard InChI is InChI=1S/C22H17BrFN3O2S/c23-17-10-25-27(12-17)11-15-3-1-5-19(7-15)26-22(28)21-8-16(14-30-21)13-29-20-6-2-4-18(24)9-20/h1-10,12,14H,11,13H2,(H,26,28). The molecule has 0 aliphatic carbocycles. The Labute approximate surface area is 185 Å². The Kier molecular flexibility index (Phi) is 6.25. The van der Waals surface area contributed by atoms with E-state index in [9.17, 15) is 9.18 Å². The summed E-state index contributed by atoms with van der Waals surface area (Å²) < 4.78 is 21.5. The highest BCUT2D eigenvalue weighted by atomic mass is 79.9. The van der Waals surface area contributed by atoms with Crippen molar-refractivity contribution < 1.29 is 13.9 Å². The molecule has 0 fully saturated rings. The fourth-order valence-corrected chi connectivity index (χ4v) is 3.97. The monoisotopic (exact) mass is 485 g/mol. The lowest BCUT2D eigenvalue weighted by atomic mass is 10.2. The van der Waals surface area contributed by atoms with E-state index in [0.29, 0.717) is 17.2 Å². The van der Waals surface area contributed by atoms with Gasteiger partial charge in [-0.3, -0.25) is 9.48 Å². The van der Waals surface area contributed by atoms with Crippen LogP contribution in [0.25, 0.3) is 0 Å². The Balaban J connectivity index is 1.36. The van der Waals surface area contributed by atoms with Crippen LogP contribution < -0.4 is 10.1 Å². The third kappa shape index (κ3) is 5.34. The van der Waals surface area contributed by atoms with Crippen molar-refractivity contribution in [2.24, 2.45) is 0 Å². The van der Waals surface area contributed by atoms with Crippen LogP contribution in [0.2, 0.25) is 0 Å². The van der Waals surface area contributed by atoms with Gasteiger partial charge in [-0.2, -0.15) is 5.10 Å². The van der Waals surface area contributed by atoms with Gasteiger partial charge in [-0.1, -0.05) is 18.2 Å². The fourth-order valence-electron chi connectivity index (χ4n) is 2.85. The predicted molar refractivity (Wildman–Crippen MR) is 118 cm³/mol. The minimum absolute atomic E-state index is 0.184. The van der Waals surface area contributed by atoms with Crippen molar-refractivity contribution in [3.8, 4) is 5.75 Å². The summed E-state index contributed by atoms with van der Waals surface area (Å²) in [5.41, 5.74) is 2.60. The molecule has 1 N–H and O–H groups in total. The first-order valence-electron chi connectivity index (χ1n) is 9.09. The normalized spacial score (nSPS) is 10.7. The van der Waals surface area contributed by atoms with Crippen LogP contribution in [0.5, 0.6) is 5.75 Å². The van der Waals surface area contributed by atoms with Crippen LogP contribution in [0.3, 0.4) is 0 Å². The number of carbonyl (C=O) groups excluding carboxylic acids is 1. The van der Waals surface area contributed by atoms with Gasteiger partial charge in [0.05, 0.1) is 22.1 Å². The minimum Gasteiger partial charge on any atom is -0.489 e. The lowest BCUT2D eigenvalue weighted by Gasteiger charge is -2.07. The van der Waals surface area contributed by atoms with Crippen LogP contribution in [0, 0.1) is 5.82 Å². The molecule has 0 radical (unpaired) electrons. The van der Waals surface area contributed by atoms with E-state index in [0.717, 1.165) is 21.3 Å². The first-order chi connectivity index (χ1) is 14.5. The largest absolute Gasteiger partial charge is 0.489 e. The number of nitrogens with one attached hydrogen (secondary N) is 1. The van der Waals surface area contributed by atoms with E-state index >= 15 is 0 Å². The molecule has 30 heavy (non-hydrogen) atoms. The molecule has 0 saturated heterocycles. The van der Waals surface area contributed by atoms with Crippen molar-refractivity contribution in [3.05, 3.63) is 98.7 Å². The first kappa shape index (κ1) is 20.3. The van der Waals surface area contributed by atoms with Crippen molar-refractivity contribution in [1.29, 1.82) is 0 Å². The summed E-state index contributed by atoms with van der Waals surface area (Å²) in [5.74, 6) is -0.0791. The number of rotatable bonds is 7. The fraction of sp³-hybridized carbons (Fsp3) is 0.0909. The summed E-state index contributed by atoms with van der Waals surface area (Å²) in [6, 6.07) is 15.4. The quantitative estimate of drug-likeness (QED) is 0.363. The van der Waals surface area contributed by atoms with Gasteiger partial charge in [0.1, 0.15) is 18.2 Å². The van der Waals surface area contributed by atoms with Gasteiger partial charge in [-0.15, -0.1) is 11.3 Å². The number of amides is 1. The topological polar surface area (TPSA) is 56.2 Å². The van der Waals surface area contributed by atoms with Gasteiger partial charge in [0.15, 0.2) is 0 Å². The van der Waals surface area contributed by atoms with E-state index in [-0.39, 0.29) is 18.3 Å². The van der Waals surface area contributed by atoms with Crippen LogP contribution >= 0.6 is 27.3 Å². The van der Waals surface area contributed by atoms with Crippen LogP contribution in [0.1, 0.15) is 20.8 Å². The van der Waals surface area contributed by atoms with Crippen molar-refractivity contribution in [1.82, 2.24) is 9.78 Å². The number of hydrogen-bond donors (Lipinski definition) is 1. The molecule has 8 heteroatoms. The van der Waals surface area contributed by atoms with Gasteiger partial charge in [0.25, 0.3) is 5.91 Å². The summed E-state index contributed by atoms with van der Waals surface area (Å²) in [7, 11) is 0. The van der Waals surface area contributed by atoms with E-state index in [4.69, 9.17) is 4.74 Å². The highest BCUT2D eigenvalue weighted by Gasteiger charge is 2.11. The minimum atomic E-state index is -0.347. The third-order valence-electron chi connectivity index (χ3n) is 4.21. The Morgan fingerprint density at radius 1 is 1.17 bits per heavy atom. The van der Waals surface area contributed by atoms with Gasteiger partial charge < -0.3 is 10.1 Å². The summed E-state index contributed by atoms with van der Waals surface area (Å²) in [5, 5.41) is 9.04. The number of ether oxygens (including phenoxy) is 1. The molecule has 5 nitrogen and oxygen atoms in total. The van der Waals surface area contributed by atoms with Crippen LogP contribution in [-0.4, -0.2) is 15.7 Å². The van der Waals surface area contributed by atoms with Gasteiger partial charge in [-0.05, 0) is 57.2 Å². The number of anilines is 1. The molecular formula is C22H17BrFN3O2S. The molecule has 4 aromatic rings. The molecule has 2 aromatic heterocycles. The van der Waals surface area contributed by atoms with Gasteiger partial charge >= 0.3 is 0 Å². The molecule has 1 amide bonds. The molecule has 0 bridgehead atoms. The maximum Gasteiger partial charge on any atom is 0.265 e. The molecule has 0 aliphatic heterocycles. The van der Waals surface area contributed by atoms with E-state index in [1.807, 2.05) is 40.5 Å². The summed E-state index contributed by atoms with van der Waals surface area (Å²) in [4.78, 5) is 13.2. The summed E-state index contributed by atoms with van der Waals surface area (Å²) in [6.45, 7) is 0.873. The molecule has 0 unspecified atom stereocenters. The smallest absolute Gasteiger partial charge is 0.265 e. The van der Waals surface area contributed by atoms with E-state index in [1.165, 1.54) is 23.5 Å². The maximum absolute atomic E-state index is 13.2. The first-order valence-corrected chi connectivity index (χ1v) is 10.8. The molecule has 2 heterocycles. The van der Waals surface area contributed by atoms with Crippen molar-refractivity contribution in [3.63, 3.8) is 0 Å². The molecule has 4 rings (SSSR count). The molecule has 0 atom stereocenters. The predicted octanol–water partition coefficient (Wildman–Crippen LogP) is 5.73. The van der Waals surface area contributed by atoms with Gasteiger partial charge in [0, 0.05) is 23.5 Å². The highest BCUT2D eigenvalue weighted by Crippen LogP contribution is 2.20. The average Bonchev–Trinajstić information content (AvgIpc) is 3.36. The molecule has 0 spiro atoms. The van der Waals surface area contributed by atoms with Gasteiger partial charge in [0.2, 0.25) is 0 Å². The zero-order chi connectivity index (χ0) is 20.9. The number of aromatic nitrogens is 2. The third-order valence-corrected chi connectivity index (χ3v) is 5.60. The summed E-state index contributed by atoms with van der Waals surface area (Å²) >= 11 is 4.72. The summed E-state index contributed by atoms with van der Waals surface area (Å²) in [6.07, 6.45) is 3.63. The van der Waals surface area contributed by atoms with E-state index < -0.39 is 0 Å². The lowest BCUT2D eigenvalue weighted by molar-refractivity contribution is 0.103. The second kappa shape index (κ2) is 9.23. The Morgan fingerprint density at radius 3 is 2.83 bits per heavy atom. The maximum atomic E-state index is 13.2. The second-order valence-corrected chi connectivity index (χ2v) is 8.40. The number of benzene rings is 2. The molecule has 152 valence electrons. The number of hydrogen-bond acceptors (Lipinski definition) is 4. The molecule has 0 aliphatic rings. The van der Waals surface area contributed by atoms with E-state index in [2.05, 4.69) is 26.3 Å². The Hall–Kier alpha value is -2.97. The highest BCUT2D eigenvalue weighted by molar-refractivity contribution is 9.10. The molecular weight excluding hydrogens is 469 g/mol. The van der Waals surface area contributed by atoms with Crippen LogP contribution in [0.15, 0.2) is 76.8 Å².